The fourth-order valence-corrected chi connectivity index (χ4v) is 2.01. The van der Waals surface area contributed by atoms with E-state index in [2.05, 4.69) is 16.0 Å². The summed E-state index contributed by atoms with van der Waals surface area (Å²) in [6.45, 7) is 2.44. The summed E-state index contributed by atoms with van der Waals surface area (Å²) in [5.74, 6) is -0.307. The highest BCUT2D eigenvalue weighted by molar-refractivity contribution is 5.90. The van der Waals surface area contributed by atoms with Crippen LogP contribution in [0, 0.1) is 0 Å². The van der Waals surface area contributed by atoms with E-state index in [1.54, 1.807) is 0 Å². The molecule has 18 heavy (non-hydrogen) atoms. The van der Waals surface area contributed by atoms with Crippen molar-refractivity contribution in [3.05, 3.63) is 29.8 Å². The van der Waals surface area contributed by atoms with Gasteiger partial charge in [-0.25, -0.2) is 0 Å². The third kappa shape index (κ3) is 2.80. The molecule has 2 amide bonds. The molecule has 1 unspecified atom stereocenters. The second kappa shape index (κ2) is 5.53. The van der Waals surface area contributed by atoms with Crippen LogP contribution in [0.1, 0.15) is 12.5 Å². The fraction of sp³-hybridized carbons (Fsp3) is 0.385. The molecule has 1 aliphatic rings. The first-order valence-electron chi connectivity index (χ1n) is 6.09. The van der Waals surface area contributed by atoms with E-state index in [4.69, 9.17) is 0 Å². The Hall–Kier alpha value is -2.04. The largest absolute Gasteiger partial charge is 0.373 e. The van der Waals surface area contributed by atoms with Crippen LogP contribution >= 0.6 is 0 Å². The molecule has 0 spiro atoms. The molecule has 0 fully saturated rings. The number of carbonyl (C=O) groups is 2. The van der Waals surface area contributed by atoms with Gasteiger partial charge in [0, 0.05) is 18.7 Å². The Labute approximate surface area is 106 Å². The van der Waals surface area contributed by atoms with Crippen molar-refractivity contribution in [1.82, 2.24) is 10.6 Å². The highest BCUT2D eigenvalue weighted by Crippen LogP contribution is 2.24. The number of fused-ring (bicyclic) bond motifs is 1. The molecule has 5 heteroatoms. The Morgan fingerprint density at radius 3 is 2.83 bits per heavy atom. The van der Waals surface area contributed by atoms with Gasteiger partial charge in [-0.05, 0) is 18.6 Å². The Morgan fingerprint density at radius 1 is 1.33 bits per heavy atom. The molecular formula is C13H17N3O2. The van der Waals surface area contributed by atoms with Gasteiger partial charge >= 0.3 is 0 Å². The number of rotatable bonds is 4. The van der Waals surface area contributed by atoms with Gasteiger partial charge in [0.05, 0.1) is 6.54 Å². The zero-order chi connectivity index (χ0) is 13.0. The maximum atomic E-state index is 11.9. The van der Waals surface area contributed by atoms with E-state index in [0.717, 1.165) is 11.3 Å². The van der Waals surface area contributed by atoms with Crippen LogP contribution in [0.15, 0.2) is 24.3 Å². The minimum atomic E-state index is -0.281. The fourth-order valence-electron chi connectivity index (χ4n) is 2.01. The molecule has 0 aromatic heterocycles. The summed E-state index contributed by atoms with van der Waals surface area (Å²) in [6.07, 6.45) is 0.664. The molecule has 0 bridgehead atoms. The first-order chi connectivity index (χ1) is 8.70. The Bertz CT molecular complexity index is 434. The molecule has 0 aliphatic carbocycles. The lowest BCUT2D eigenvalue weighted by atomic mass is 10.1. The van der Waals surface area contributed by atoms with E-state index in [0.29, 0.717) is 13.0 Å². The van der Waals surface area contributed by atoms with E-state index >= 15 is 0 Å². The third-order valence-corrected chi connectivity index (χ3v) is 2.88. The molecule has 3 N–H and O–H groups in total. The molecule has 1 aromatic carbocycles. The molecule has 1 aliphatic heterocycles. The number of hydrogen-bond acceptors (Lipinski definition) is 3. The lowest BCUT2D eigenvalue weighted by Crippen LogP contribution is -2.43. The van der Waals surface area contributed by atoms with Gasteiger partial charge in [-0.3, -0.25) is 9.59 Å². The van der Waals surface area contributed by atoms with Crippen molar-refractivity contribution in [3.8, 4) is 0 Å². The van der Waals surface area contributed by atoms with Crippen LogP contribution in [-0.4, -0.2) is 30.9 Å². The van der Waals surface area contributed by atoms with Crippen molar-refractivity contribution in [2.45, 2.75) is 19.4 Å². The van der Waals surface area contributed by atoms with E-state index in [1.807, 2.05) is 31.2 Å². The summed E-state index contributed by atoms with van der Waals surface area (Å²) in [5.41, 5.74) is 2.13. The van der Waals surface area contributed by atoms with Gasteiger partial charge in [0.2, 0.25) is 11.8 Å². The van der Waals surface area contributed by atoms with Crippen molar-refractivity contribution in [3.63, 3.8) is 0 Å². The maximum Gasteiger partial charge on any atom is 0.243 e. The van der Waals surface area contributed by atoms with Crippen LogP contribution in [0.2, 0.25) is 0 Å². The highest BCUT2D eigenvalue weighted by Gasteiger charge is 2.26. The van der Waals surface area contributed by atoms with E-state index in [1.165, 1.54) is 0 Å². The molecule has 1 atom stereocenters. The topological polar surface area (TPSA) is 70.2 Å². The SMILES string of the molecule is CCNC(=O)CNC(=O)C1Cc2ccccc2N1. The van der Waals surface area contributed by atoms with Crippen molar-refractivity contribution >= 4 is 17.5 Å². The summed E-state index contributed by atoms with van der Waals surface area (Å²) in [4.78, 5) is 23.1. The zero-order valence-electron chi connectivity index (χ0n) is 10.3. The van der Waals surface area contributed by atoms with Crippen molar-refractivity contribution in [2.75, 3.05) is 18.4 Å². The monoisotopic (exact) mass is 247 g/mol. The number of anilines is 1. The Balaban J connectivity index is 1.84. The summed E-state index contributed by atoms with van der Waals surface area (Å²) in [5, 5.41) is 8.41. The van der Waals surface area contributed by atoms with Crippen LogP contribution < -0.4 is 16.0 Å². The minimum Gasteiger partial charge on any atom is -0.373 e. The van der Waals surface area contributed by atoms with Crippen molar-refractivity contribution < 1.29 is 9.59 Å². The zero-order valence-corrected chi connectivity index (χ0v) is 10.3. The van der Waals surface area contributed by atoms with Crippen LogP contribution in [0.3, 0.4) is 0 Å². The van der Waals surface area contributed by atoms with Crippen LogP contribution in [0.25, 0.3) is 0 Å². The highest BCUT2D eigenvalue weighted by atomic mass is 16.2. The molecule has 1 heterocycles. The maximum absolute atomic E-state index is 11.9. The first-order valence-corrected chi connectivity index (χ1v) is 6.09. The average molecular weight is 247 g/mol. The minimum absolute atomic E-state index is 0.0290. The van der Waals surface area contributed by atoms with Gasteiger partial charge in [0.1, 0.15) is 6.04 Å². The number of hydrogen-bond donors (Lipinski definition) is 3. The number of benzene rings is 1. The second-order valence-electron chi connectivity index (χ2n) is 4.23. The lowest BCUT2D eigenvalue weighted by molar-refractivity contribution is -0.126. The van der Waals surface area contributed by atoms with Gasteiger partial charge in [-0.15, -0.1) is 0 Å². The van der Waals surface area contributed by atoms with Gasteiger partial charge < -0.3 is 16.0 Å². The number of likely N-dealkylation sites (N-methyl/N-ethyl adjacent to an activating group) is 1. The molecular weight excluding hydrogens is 230 g/mol. The number of carbonyl (C=O) groups excluding carboxylic acids is 2. The molecule has 1 aromatic rings. The summed E-state index contributed by atoms with van der Waals surface area (Å²) >= 11 is 0. The molecule has 5 nitrogen and oxygen atoms in total. The van der Waals surface area contributed by atoms with E-state index in [9.17, 15) is 9.59 Å². The van der Waals surface area contributed by atoms with Crippen molar-refractivity contribution in [1.29, 1.82) is 0 Å². The lowest BCUT2D eigenvalue weighted by Gasteiger charge is -2.11. The van der Waals surface area contributed by atoms with Gasteiger partial charge in [-0.2, -0.15) is 0 Å². The normalized spacial score (nSPS) is 16.6. The summed E-state index contributed by atoms with van der Waals surface area (Å²) in [7, 11) is 0. The van der Waals surface area contributed by atoms with Crippen LogP contribution in [-0.2, 0) is 16.0 Å². The quantitative estimate of drug-likeness (QED) is 0.715. The predicted octanol–water partition coefficient (Wildman–Crippen LogP) is 0.276. The van der Waals surface area contributed by atoms with Crippen molar-refractivity contribution in [2.24, 2.45) is 0 Å². The molecule has 2 rings (SSSR count). The van der Waals surface area contributed by atoms with Crippen LogP contribution in [0.4, 0.5) is 5.69 Å². The smallest absolute Gasteiger partial charge is 0.243 e. The molecule has 0 saturated heterocycles. The summed E-state index contributed by atoms with van der Waals surface area (Å²) in [6, 6.07) is 7.55. The third-order valence-electron chi connectivity index (χ3n) is 2.88. The standard InChI is InChI=1S/C13H17N3O2/c1-2-14-12(17)8-15-13(18)11-7-9-5-3-4-6-10(9)16-11/h3-6,11,16H,2,7-8H2,1H3,(H,14,17)(H,15,18). The average Bonchev–Trinajstić information content (AvgIpc) is 2.80. The summed E-state index contributed by atoms with van der Waals surface area (Å²) < 4.78 is 0. The predicted molar refractivity (Wildman–Crippen MR) is 69.3 cm³/mol. The van der Waals surface area contributed by atoms with E-state index < -0.39 is 0 Å². The van der Waals surface area contributed by atoms with Crippen LogP contribution in [0.5, 0.6) is 0 Å². The first kappa shape index (κ1) is 12.4. The molecule has 0 saturated carbocycles. The van der Waals surface area contributed by atoms with Gasteiger partial charge in [-0.1, -0.05) is 18.2 Å². The number of para-hydroxylation sites is 1. The van der Waals surface area contributed by atoms with E-state index in [-0.39, 0.29) is 24.4 Å². The second-order valence-corrected chi connectivity index (χ2v) is 4.23. The Kier molecular flexibility index (Phi) is 3.82. The molecule has 96 valence electrons. The van der Waals surface area contributed by atoms with Gasteiger partial charge in [0.15, 0.2) is 0 Å². The van der Waals surface area contributed by atoms with Gasteiger partial charge in [0.25, 0.3) is 0 Å². The Morgan fingerprint density at radius 2 is 2.11 bits per heavy atom. The number of amides is 2. The number of nitrogens with one attached hydrogen (secondary N) is 3. The molecule has 0 radical (unpaired) electrons.